The van der Waals surface area contributed by atoms with E-state index in [1.165, 1.54) is 12.1 Å². The summed E-state index contributed by atoms with van der Waals surface area (Å²) >= 11 is 3.52. The van der Waals surface area contributed by atoms with E-state index in [4.69, 9.17) is 4.42 Å². The Kier molecular flexibility index (Phi) is 7.34. The minimum atomic E-state index is -1.21. The summed E-state index contributed by atoms with van der Waals surface area (Å²) in [5, 5.41) is 15.4. The average molecular weight is 629 g/mol. The molecule has 4 aromatic carbocycles. The van der Waals surface area contributed by atoms with Gasteiger partial charge in [0.05, 0.1) is 22.4 Å². The number of fused-ring (bicyclic) bond motifs is 2. The SMILES string of the molecule is O=C(NCCc1c(C(c2cccc(Br)c2)c2c(O)c3ccccc3oc2=O)[nH]c2ccccc12)c1cccc(F)c1F. The molecule has 6 nitrogen and oxygen atoms in total. The van der Waals surface area contributed by atoms with Crippen LogP contribution < -0.4 is 10.9 Å². The number of para-hydroxylation sites is 2. The molecular weight excluding hydrogens is 606 g/mol. The molecule has 1 unspecified atom stereocenters. The summed E-state index contributed by atoms with van der Waals surface area (Å²) in [6.45, 7) is 0.0904. The number of amides is 1. The van der Waals surface area contributed by atoms with Gasteiger partial charge in [0, 0.05) is 27.6 Å². The third kappa shape index (κ3) is 4.96. The van der Waals surface area contributed by atoms with E-state index in [9.17, 15) is 23.5 Å². The zero-order chi connectivity index (χ0) is 29.4. The number of hydrogen-bond donors (Lipinski definition) is 3. The van der Waals surface area contributed by atoms with Gasteiger partial charge in [0.2, 0.25) is 0 Å². The molecule has 3 N–H and O–H groups in total. The Morgan fingerprint density at radius 2 is 1.69 bits per heavy atom. The van der Waals surface area contributed by atoms with Crippen LogP contribution in [-0.4, -0.2) is 22.5 Å². The fourth-order valence-electron chi connectivity index (χ4n) is 5.38. The Morgan fingerprint density at radius 3 is 2.50 bits per heavy atom. The molecule has 0 radical (unpaired) electrons. The molecule has 210 valence electrons. The van der Waals surface area contributed by atoms with Crippen molar-refractivity contribution < 1.29 is 23.1 Å². The number of benzene rings is 4. The first-order valence-electron chi connectivity index (χ1n) is 13.2. The summed E-state index contributed by atoms with van der Waals surface area (Å²) in [7, 11) is 0. The highest BCUT2D eigenvalue weighted by atomic mass is 79.9. The second kappa shape index (κ2) is 11.3. The lowest BCUT2D eigenvalue weighted by atomic mass is 9.85. The molecule has 9 heteroatoms. The molecule has 0 saturated heterocycles. The van der Waals surface area contributed by atoms with E-state index in [-0.39, 0.29) is 35.4 Å². The molecule has 0 saturated carbocycles. The standard InChI is InChI=1S/C33H23BrF2N2O4/c34-19-8-5-7-18(17-19)27(28-31(39)22-10-2-4-14-26(22)42-33(28)41)30-21(20-9-1-3-13-25(20)38-30)15-16-37-32(40)23-11-6-12-24(35)29(23)36/h1-14,17,27,38-39H,15-16H2,(H,37,40). The summed E-state index contributed by atoms with van der Waals surface area (Å²) in [6, 6.07) is 25.2. The van der Waals surface area contributed by atoms with Crippen LogP contribution in [0.3, 0.4) is 0 Å². The zero-order valence-corrected chi connectivity index (χ0v) is 23.5. The van der Waals surface area contributed by atoms with Gasteiger partial charge in [-0.15, -0.1) is 0 Å². The minimum Gasteiger partial charge on any atom is -0.507 e. The van der Waals surface area contributed by atoms with Crippen molar-refractivity contribution in [1.29, 1.82) is 0 Å². The van der Waals surface area contributed by atoms with Crippen LogP contribution in [0.15, 0.2) is 105 Å². The van der Waals surface area contributed by atoms with Crippen LogP contribution in [0.4, 0.5) is 8.78 Å². The van der Waals surface area contributed by atoms with Gasteiger partial charge in [-0.1, -0.05) is 64.5 Å². The number of carbonyl (C=O) groups is 1. The van der Waals surface area contributed by atoms with Crippen LogP contribution in [0.2, 0.25) is 0 Å². The highest BCUT2D eigenvalue weighted by Gasteiger charge is 2.30. The van der Waals surface area contributed by atoms with Crippen molar-refractivity contribution in [3.63, 3.8) is 0 Å². The molecule has 0 spiro atoms. The Labute approximate surface area is 246 Å². The predicted octanol–water partition coefficient (Wildman–Crippen LogP) is 7.17. The first kappa shape index (κ1) is 27.4. The van der Waals surface area contributed by atoms with Crippen LogP contribution in [0.25, 0.3) is 21.9 Å². The van der Waals surface area contributed by atoms with Gasteiger partial charge in [0.25, 0.3) is 5.91 Å². The molecule has 2 heterocycles. The number of halogens is 3. The number of H-pyrrole nitrogens is 1. The number of aromatic hydroxyl groups is 1. The first-order chi connectivity index (χ1) is 20.3. The molecule has 0 aliphatic rings. The van der Waals surface area contributed by atoms with Gasteiger partial charge in [0.1, 0.15) is 11.3 Å². The smallest absolute Gasteiger partial charge is 0.344 e. The molecule has 6 aromatic rings. The van der Waals surface area contributed by atoms with Crippen molar-refractivity contribution in [3.8, 4) is 5.75 Å². The third-order valence-electron chi connectivity index (χ3n) is 7.28. The Balaban J connectivity index is 1.48. The van der Waals surface area contributed by atoms with Gasteiger partial charge in [-0.25, -0.2) is 13.6 Å². The second-order valence-corrected chi connectivity index (χ2v) is 10.7. The van der Waals surface area contributed by atoms with Gasteiger partial charge in [0.15, 0.2) is 11.6 Å². The molecule has 6 rings (SSSR count). The fourth-order valence-corrected chi connectivity index (χ4v) is 5.80. The summed E-state index contributed by atoms with van der Waals surface area (Å²) in [5.41, 5.74) is 2.15. The normalized spacial score (nSPS) is 12.1. The first-order valence-corrected chi connectivity index (χ1v) is 13.9. The molecule has 0 aliphatic heterocycles. The van der Waals surface area contributed by atoms with Crippen molar-refractivity contribution in [2.45, 2.75) is 12.3 Å². The molecule has 0 fully saturated rings. The van der Waals surface area contributed by atoms with E-state index >= 15 is 0 Å². The van der Waals surface area contributed by atoms with Crippen LogP contribution >= 0.6 is 15.9 Å². The van der Waals surface area contributed by atoms with E-state index in [0.717, 1.165) is 27.0 Å². The van der Waals surface area contributed by atoms with Crippen LogP contribution in [0.1, 0.15) is 38.7 Å². The van der Waals surface area contributed by atoms with Crippen LogP contribution in [-0.2, 0) is 6.42 Å². The van der Waals surface area contributed by atoms with Gasteiger partial charge in [-0.2, -0.15) is 0 Å². The van der Waals surface area contributed by atoms with Crippen molar-refractivity contribution >= 4 is 43.7 Å². The van der Waals surface area contributed by atoms with Gasteiger partial charge in [-0.05, 0) is 60.0 Å². The van der Waals surface area contributed by atoms with Gasteiger partial charge < -0.3 is 19.8 Å². The van der Waals surface area contributed by atoms with E-state index in [2.05, 4.69) is 26.2 Å². The lowest BCUT2D eigenvalue weighted by Crippen LogP contribution is -2.27. The largest absolute Gasteiger partial charge is 0.507 e. The molecule has 1 atom stereocenters. The lowest BCUT2D eigenvalue weighted by Gasteiger charge is -2.20. The highest BCUT2D eigenvalue weighted by molar-refractivity contribution is 9.10. The maximum atomic E-state index is 14.2. The molecule has 2 aromatic heterocycles. The Morgan fingerprint density at radius 1 is 0.952 bits per heavy atom. The van der Waals surface area contributed by atoms with E-state index < -0.39 is 29.1 Å². The van der Waals surface area contributed by atoms with Crippen molar-refractivity contribution in [2.75, 3.05) is 6.54 Å². The molecule has 42 heavy (non-hydrogen) atoms. The highest BCUT2D eigenvalue weighted by Crippen LogP contribution is 2.41. The van der Waals surface area contributed by atoms with Crippen molar-refractivity contribution in [3.05, 3.63) is 145 Å². The molecular formula is C33H23BrF2N2O4. The van der Waals surface area contributed by atoms with E-state index in [1.54, 1.807) is 24.3 Å². The number of aromatic nitrogens is 1. The second-order valence-electron chi connectivity index (χ2n) is 9.81. The zero-order valence-electron chi connectivity index (χ0n) is 22.0. The minimum absolute atomic E-state index is 0.0606. The Bertz CT molecular complexity index is 2040. The van der Waals surface area contributed by atoms with E-state index in [0.29, 0.717) is 16.6 Å². The van der Waals surface area contributed by atoms with Crippen molar-refractivity contribution in [1.82, 2.24) is 10.3 Å². The fraction of sp³-hybridized carbons (Fsp3) is 0.0909. The summed E-state index contributed by atoms with van der Waals surface area (Å²) in [5.74, 6) is -4.03. The summed E-state index contributed by atoms with van der Waals surface area (Å²) in [6.07, 6.45) is 0.284. The molecule has 0 aliphatic carbocycles. The molecule has 1 amide bonds. The maximum absolute atomic E-state index is 14.2. The monoisotopic (exact) mass is 628 g/mol. The quantitative estimate of drug-likeness (QED) is 0.163. The predicted molar refractivity (Wildman–Crippen MR) is 160 cm³/mol. The number of carbonyl (C=O) groups excluding carboxylic acids is 1. The lowest BCUT2D eigenvalue weighted by molar-refractivity contribution is 0.0949. The van der Waals surface area contributed by atoms with Gasteiger partial charge >= 0.3 is 5.63 Å². The number of hydrogen-bond acceptors (Lipinski definition) is 4. The third-order valence-corrected chi connectivity index (χ3v) is 7.78. The summed E-state index contributed by atoms with van der Waals surface area (Å²) < 4.78 is 34.4. The van der Waals surface area contributed by atoms with Crippen LogP contribution in [0.5, 0.6) is 5.75 Å². The summed E-state index contributed by atoms with van der Waals surface area (Å²) in [4.78, 5) is 29.6. The van der Waals surface area contributed by atoms with Crippen LogP contribution in [0, 0.1) is 11.6 Å². The topological polar surface area (TPSA) is 95.3 Å². The average Bonchev–Trinajstić information content (AvgIpc) is 3.34. The molecule has 0 bridgehead atoms. The van der Waals surface area contributed by atoms with Gasteiger partial charge in [-0.3, -0.25) is 4.79 Å². The number of nitrogens with one attached hydrogen (secondary N) is 2. The van der Waals surface area contributed by atoms with Crippen molar-refractivity contribution in [2.24, 2.45) is 0 Å². The maximum Gasteiger partial charge on any atom is 0.344 e. The van der Waals surface area contributed by atoms with E-state index in [1.807, 2.05) is 48.5 Å². The number of aromatic amines is 1. The Hall–Kier alpha value is -4.76. The number of rotatable bonds is 7.